The fourth-order valence-electron chi connectivity index (χ4n) is 2.24. The Morgan fingerprint density at radius 2 is 1.83 bits per heavy atom. The van der Waals surface area contributed by atoms with E-state index in [-0.39, 0.29) is 11.7 Å². The van der Waals surface area contributed by atoms with Crippen LogP contribution in [0.1, 0.15) is 20.9 Å². The van der Waals surface area contributed by atoms with Gasteiger partial charge < -0.3 is 14.5 Å². The minimum absolute atomic E-state index is 0.167. The van der Waals surface area contributed by atoms with Gasteiger partial charge in [0.05, 0.1) is 0 Å². The molecule has 0 saturated carbocycles. The molecule has 1 heterocycles. The predicted octanol–water partition coefficient (Wildman–Crippen LogP) is 3.91. The number of carbonyl (C=O) groups is 2. The van der Waals surface area contributed by atoms with E-state index in [9.17, 15) is 9.59 Å². The number of rotatable bonds is 5. The molecule has 3 rings (SSSR count). The molecule has 120 valence electrons. The number of nitrogens with one attached hydrogen (secondary N) is 1. The maximum Gasteiger partial charge on any atom is 0.251 e. The van der Waals surface area contributed by atoms with Crippen molar-refractivity contribution in [2.45, 2.75) is 0 Å². The van der Waals surface area contributed by atoms with Gasteiger partial charge >= 0.3 is 0 Å². The van der Waals surface area contributed by atoms with Crippen molar-refractivity contribution in [1.82, 2.24) is 5.32 Å². The second-order valence-corrected chi connectivity index (χ2v) is 5.05. The van der Waals surface area contributed by atoms with Gasteiger partial charge in [-0.1, -0.05) is 6.07 Å². The zero-order valence-corrected chi connectivity index (χ0v) is 13.0. The van der Waals surface area contributed by atoms with E-state index < -0.39 is 0 Å². The molecular formula is C19H15NO4. The van der Waals surface area contributed by atoms with Gasteiger partial charge in [0, 0.05) is 18.2 Å². The molecule has 3 aromatic rings. The van der Waals surface area contributed by atoms with E-state index in [0.717, 1.165) is 5.56 Å². The number of benzene rings is 2. The molecule has 0 spiro atoms. The summed E-state index contributed by atoms with van der Waals surface area (Å²) in [4.78, 5) is 22.3. The first kappa shape index (κ1) is 15.6. The van der Waals surface area contributed by atoms with E-state index in [0.29, 0.717) is 29.1 Å². The van der Waals surface area contributed by atoms with E-state index in [2.05, 4.69) is 5.32 Å². The molecule has 0 radical (unpaired) electrons. The standard InChI is InChI=1S/C19H15NO4/c1-20-19(22)14-3-2-4-16(11-14)23-15-7-5-13(6-8-15)18-10-9-17(12-21)24-18/h2-12H,1H3,(H,20,22). The van der Waals surface area contributed by atoms with E-state index in [1.165, 1.54) is 0 Å². The van der Waals surface area contributed by atoms with Gasteiger partial charge in [-0.2, -0.15) is 0 Å². The smallest absolute Gasteiger partial charge is 0.251 e. The summed E-state index contributed by atoms with van der Waals surface area (Å²) in [7, 11) is 1.58. The zero-order valence-electron chi connectivity index (χ0n) is 13.0. The topological polar surface area (TPSA) is 68.5 Å². The third-order valence-electron chi connectivity index (χ3n) is 3.44. The van der Waals surface area contributed by atoms with E-state index in [4.69, 9.17) is 9.15 Å². The normalized spacial score (nSPS) is 10.2. The van der Waals surface area contributed by atoms with Crippen molar-refractivity contribution in [2.24, 2.45) is 0 Å². The van der Waals surface area contributed by atoms with Gasteiger partial charge in [0.2, 0.25) is 0 Å². The first-order valence-electron chi connectivity index (χ1n) is 7.35. The lowest BCUT2D eigenvalue weighted by molar-refractivity contribution is 0.0962. The van der Waals surface area contributed by atoms with Gasteiger partial charge in [-0.25, -0.2) is 0 Å². The lowest BCUT2D eigenvalue weighted by Crippen LogP contribution is -2.17. The lowest BCUT2D eigenvalue weighted by Gasteiger charge is -2.08. The first-order valence-corrected chi connectivity index (χ1v) is 7.35. The van der Waals surface area contributed by atoms with Crippen LogP contribution in [0.3, 0.4) is 0 Å². The molecule has 5 nitrogen and oxygen atoms in total. The third kappa shape index (κ3) is 3.35. The Bertz CT molecular complexity index is 865. The van der Waals surface area contributed by atoms with Crippen LogP contribution in [0, 0.1) is 0 Å². The minimum atomic E-state index is -0.167. The quantitative estimate of drug-likeness (QED) is 0.723. The average molecular weight is 321 g/mol. The van der Waals surface area contributed by atoms with E-state index in [1.54, 1.807) is 55.6 Å². The molecule has 1 aromatic heterocycles. The number of carbonyl (C=O) groups excluding carboxylic acids is 2. The minimum Gasteiger partial charge on any atom is -0.457 e. The predicted molar refractivity (Wildman–Crippen MR) is 89.4 cm³/mol. The third-order valence-corrected chi connectivity index (χ3v) is 3.44. The van der Waals surface area contributed by atoms with Crippen molar-refractivity contribution in [3.05, 3.63) is 72.0 Å². The maximum atomic E-state index is 11.6. The van der Waals surface area contributed by atoms with Crippen molar-refractivity contribution < 1.29 is 18.7 Å². The fraction of sp³-hybridized carbons (Fsp3) is 0.0526. The molecular weight excluding hydrogens is 306 g/mol. The summed E-state index contributed by atoms with van der Waals surface area (Å²) in [6, 6.07) is 17.6. The Morgan fingerprint density at radius 3 is 2.50 bits per heavy atom. The molecule has 5 heteroatoms. The van der Waals surface area contributed by atoms with Crippen LogP contribution < -0.4 is 10.1 Å². The molecule has 0 atom stereocenters. The summed E-state index contributed by atoms with van der Waals surface area (Å²) in [6.07, 6.45) is 0.667. The summed E-state index contributed by atoms with van der Waals surface area (Å²) in [6.45, 7) is 0. The van der Waals surface area contributed by atoms with Crippen LogP contribution in [0.2, 0.25) is 0 Å². The molecule has 1 N–H and O–H groups in total. The van der Waals surface area contributed by atoms with Crippen LogP contribution in [0.25, 0.3) is 11.3 Å². The molecule has 0 fully saturated rings. The largest absolute Gasteiger partial charge is 0.457 e. The van der Waals surface area contributed by atoms with Crippen molar-refractivity contribution in [1.29, 1.82) is 0 Å². The number of hydrogen-bond acceptors (Lipinski definition) is 4. The Labute approximate surface area is 138 Å². The van der Waals surface area contributed by atoms with Gasteiger partial charge in [-0.3, -0.25) is 9.59 Å². The second-order valence-electron chi connectivity index (χ2n) is 5.05. The Hall–Kier alpha value is -3.34. The highest BCUT2D eigenvalue weighted by atomic mass is 16.5. The van der Waals surface area contributed by atoms with Gasteiger partial charge in [0.1, 0.15) is 17.3 Å². The molecule has 0 aliphatic rings. The summed E-state index contributed by atoms with van der Waals surface area (Å²) < 4.78 is 11.1. The molecule has 2 aromatic carbocycles. The molecule has 0 aliphatic carbocycles. The van der Waals surface area contributed by atoms with E-state index >= 15 is 0 Å². The fourth-order valence-corrected chi connectivity index (χ4v) is 2.24. The van der Waals surface area contributed by atoms with Gasteiger partial charge in [0.25, 0.3) is 5.91 Å². The number of hydrogen-bond donors (Lipinski definition) is 1. The van der Waals surface area contributed by atoms with Crippen LogP contribution in [-0.4, -0.2) is 19.2 Å². The van der Waals surface area contributed by atoms with Crippen LogP contribution in [-0.2, 0) is 0 Å². The second kappa shape index (κ2) is 6.83. The van der Waals surface area contributed by atoms with Crippen molar-refractivity contribution >= 4 is 12.2 Å². The molecule has 0 aliphatic heterocycles. The molecule has 1 amide bonds. The first-order chi connectivity index (χ1) is 11.7. The number of furan rings is 1. The van der Waals surface area contributed by atoms with Gasteiger partial charge in [-0.05, 0) is 54.6 Å². The SMILES string of the molecule is CNC(=O)c1cccc(Oc2ccc(-c3ccc(C=O)o3)cc2)c1. The Morgan fingerprint density at radius 1 is 1.04 bits per heavy atom. The van der Waals surface area contributed by atoms with E-state index in [1.807, 2.05) is 12.1 Å². The highest BCUT2D eigenvalue weighted by Gasteiger charge is 2.07. The molecule has 24 heavy (non-hydrogen) atoms. The average Bonchev–Trinajstić information content (AvgIpc) is 3.11. The number of aldehydes is 1. The lowest BCUT2D eigenvalue weighted by atomic mass is 10.1. The Balaban J connectivity index is 1.77. The highest BCUT2D eigenvalue weighted by molar-refractivity contribution is 5.94. The summed E-state index contributed by atoms with van der Waals surface area (Å²) in [5.41, 5.74) is 1.37. The van der Waals surface area contributed by atoms with Crippen LogP contribution >= 0.6 is 0 Å². The molecule has 0 bridgehead atoms. The van der Waals surface area contributed by atoms with Crippen molar-refractivity contribution in [2.75, 3.05) is 7.05 Å². The summed E-state index contributed by atoms with van der Waals surface area (Å²) >= 11 is 0. The molecule has 0 unspecified atom stereocenters. The number of ether oxygens (including phenoxy) is 1. The number of amides is 1. The van der Waals surface area contributed by atoms with Gasteiger partial charge in [0.15, 0.2) is 12.0 Å². The molecule has 0 saturated heterocycles. The zero-order chi connectivity index (χ0) is 16.9. The Kier molecular flexibility index (Phi) is 4.43. The monoisotopic (exact) mass is 321 g/mol. The van der Waals surface area contributed by atoms with Crippen LogP contribution in [0.15, 0.2) is 65.1 Å². The van der Waals surface area contributed by atoms with Crippen LogP contribution in [0.5, 0.6) is 11.5 Å². The van der Waals surface area contributed by atoms with Crippen molar-refractivity contribution in [3.63, 3.8) is 0 Å². The van der Waals surface area contributed by atoms with Crippen LogP contribution in [0.4, 0.5) is 0 Å². The van der Waals surface area contributed by atoms with Crippen molar-refractivity contribution in [3.8, 4) is 22.8 Å². The summed E-state index contributed by atoms with van der Waals surface area (Å²) in [5, 5.41) is 2.58. The highest BCUT2D eigenvalue weighted by Crippen LogP contribution is 2.27. The maximum absolute atomic E-state index is 11.6. The van der Waals surface area contributed by atoms with Gasteiger partial charge in [-0.15, -0.1) is 0 Å². The summed E-state index contributed by atoms with van der Waals surface area (Å²) in [5.74, 6) is 1.95.